The first-order valence-electron chi connectivity index (χ1n) is 9.77. The maximum absolute atomic E-state index is 12.1. The molecule has 0 aliphatic carbocycles. The molecule has 8 heteroatoms. The highest BCUT2D eigenvalue weighted by atomic mass is 32.1. The van der Waals surface area contributed by atoms with Crippen molar-refractivity contribution in [3.63, 3.8) is 0 Å². The van der Waals surface area contributed by atoms with Gasteiger partial charge < -0.3 is 19.5 Å². The molecule has 0 unspecified atom stereocenters. The van der Waals surface area contributed by atoms with E-state index in [1.165, 1.54) is 6.08 Å². The highest BCUT2D eigenvalue weighted by molar-refractivity contribution is 7.15. The van der Waals surface area contributed by atoms with Crippen molar-refractivity contribution in [1.29, 1.82) is 0 Å². The van der Waals surface area contributed by atoms with Crippen molar-refractivity contribution < 1.29 is 9.53 Å². The summed E-state index contributed by atoms with van der Waals surface area (Å²) in [5.41, 5.74) is 1.05. The van der Waals surface area contributed by atoms with E-state index in [0.29, 0.717) is 18.2 Å². The minimum atomic E-state index is -0.105. The molecule has 0 saturated carbocycles. The molecule has 3 aromatic rings. The first kappa shape index (κ1) is 19.4. The van der Waals surface area contributed by atoms with E-state index in [4.69, 9.17) is 9.72 Å². The molecular formula is C21H25N5O2S. The fourth-order valence-corrected chi connectivity index (χ4v) is 4.43. The number of nitrogens with one attached hydrogen (secondary N) is 1. The molecule has 7 nitrogen and oxygen atoms in total. The average Bonchev–Trinajstić information content (AvgIpc) is 3.40. The molecule has 0 aromatic carbocycles. The van der Waals surface area contributed by atoms with Gasteiger partial charge in [0.05, 0.1) is 17.4 Å². The van der Waals surface area contributed by atoms with Crippen LogP contribution in [0.3, 0.4) is 0 Å². The lowest BCUT2D eigenvalue weighted by Crippen LogP contribution is -2.33. The zero-order valence-corrected chi connectivity index (χ0v) is 17.7. The molecule has 29 heavy (non-hydrogen) atoms. The predicted molar refractivity (Wildman–Crippen MR) is 116 cm³/mol. The smallest absolute Gasteiger partial charge is 0.246 e. The Hall–Kier alpha value is -2.87. The van der Waals surface area contributed by atoms with E-state index < -0.39 is 0 Å². The van der Waals surface area contributed by atoms with Crippen molar-refractivity contribution in [1.82, 2.24) is 19.4 Å². The van der Waals surface area contributed by atoms with E-state index in [1.54, 1.807) is 16.2 Å². The molecule has 1 N–H and O–H groups in total. The number of aryl methyl sites for hydroxylation is 2. The van der Waals surface area contributed by atoms with Crippen molar-refractivity contribution in [2.24, 2.45) is 0 Å². The topological polar surface area (TPSA) is 72.3 Å². The van der Waals surface area contributed by atoms with Crippen LogP contribution in [0, 0.1) is 6.92 Å². The zero-order valence-electron chi connectivity index (χ0n) is 16.9. The summed E-state index contributed by atoms with van der Waals surface area (Å²) in [5, 5.41) is 5.06. The van der Waals surface area contributed by atoms with Gasteiger partial charge in [-0.25, -0.2) is 4.98 Å². The number of carbonyl (C=O) groups excluding carboxylic acids is 1. The van der Waals surface area contributed by atoms with Crippen LogP contribution in [0.5, 0.6) is 5.88 Å². The van der Waals surface area contributed by atoms with Crippen LogP contribution in [0.2, 0.25) is 0 Å². The Bertz CT molecular complexity index is 1060. The number of thiazole rings is 1. The fourth-order valence-electron chi connectivity index (χ4n) is 3.76. The molecule has 0 radical (unpaired) electrons. The van der Waals surface area contributed by atoms with Crippen LogP contribution in [-0.4, -0.2) is 44.0 Å². The first-order valence-corrected chi connectivity index (χ1v) is 10.6. The lowest BCUT2D eigenvalue weighted by Gasteiger charge is -2.19. The van der Waals surface area contributed by atoms with Crippen LogP contribution >= 0.6 is 11.3 Å². The number of likely N-dealkylation sites (tertiary alicyclic amines) is 1. The second-order valence-corrected chi connectivity index (χ2v) is 8.50. The summed E-state index contributed by atoms with van der Waals surface area (Å²) in [4.78, 5) is 24.1. The van der Waals surface area contributed by atoms with Crippen molar-refractivity contribution in [3.8, 4) is 5.88 Å². The van der Waals surface area contributed by atoms with E-state index in [9.17, 15) is 4.79 Å². The number of fused-ring (bicyclic) bond motifs is 1. The maximum Gasteiger partial charge on any atom is 0.246 e. The Labute approximate surface area is 174 Å². The van der Waals surface area contributed by atoms with Gasteiger partial charge in [-0.2, -0.15) is 4.98 Å². The van der Waals surface area contributed by atoms with E-state index in [1.807, 2.05) is 38.4 Å². The van der Waals surface area contributed by atoms with Gasteiger partial charge in [0.15, 0.2) is 5.13 Å². The maximum atomic E-state index is 12.1. The monoisotopic (exact) mass is 411 g/mol. The van der Waals surface area contributed by atoms with Crippen LogP contribution in [-0.2, 0) is 11.3 Å². The van der Waals surface area contributed by atoms with Crippen molar-refractivity contribution >= 4 is 39.1 Å². The summed E-state index contributed by atoms with van der Waals surface area (Å²) in [6.45, 7) is 11.1. The van der Waals surface area contributed by atoms with Crippen LogP contribution in [0.4, 0.5) is 10.9 Å². The standard InChI is InChI=1S/C21H25N5O2S/c1-5-19(27)26-12-15(9-13(26)3)28-20-16-7-8-25(6-2)17(16)10-18(23-20)24-21-22-11-14(4)29-21/h5,7-8,10-11,13,15H,1,6,9,12H2,2-4H3,(H,22,23,24)/t13-,15-/m0/s1. The first-order chi connectivity index (χ1) is 14.0. The van der Waals surface area contributed by atoms with Gasteiger partial charge in [0.1, 0.15) is 11.9 Å². The molecule has 1 fully saturated rings. The number of hydrogen-bond donors (Lipinski definition) is 1. The van der Waals surface area contributed by atoms with Gasteiger partial charge in [0, 0.05) is 42.3 Å². The number of nitrogens with zero attached hydrogens (tertiary/aromatic N) is 4. The third kappa shape index (κ3) is 3.85. The number of pyridine rings is 1. The van der Waals surface area contributed by atoms with Crippen LogP contribution in [0.25, 0.3) is 10.9 Å². The van der Waals surface area contributed by atoms with Crippen LogP contribution in [0.1, 0.15) is 25.1 Å². The van der Waals surface area contributed by atoms with E-state index in [0.717, 1.165) is 33.9 Å². The van der Waals surface area contributed by atoms with Crippen molar-refractivity contribution in [2.75, 3.05) is 11.9 Å². The minimum absolute atomic E-state index is 0.0617. The molecular weight excluding hydrogens is 386 g/mol. The SMILES string of the molecule is C=CC(=O)N1C[C@@H](Oc2nc(Nc3ncc(C)s3)cc3c2ccn3CC)C[C@@H]1C. The van der Waals surface area contributed by atoms with E-state index >= 15 is 0 Å². The minimum Gasteiger partial charge on any atom is -0.472 e. The Morgan fingerprint density at radius 3 is 3.03 bits per heavy atom. The predicted octanol–water partition coefficient (Wildman–Crippen LogP) is 4.12. The molecule has 3 aromatic heterocycles. The van der Waals surface area contributed by atoms with Crippen LogP contribution in [0.15, 0.2) is 37.2 Å². The van der Waals surface area contributed by atoms with Crippen molar-refractivity contribution in [3.05, 3.63) is 42.1 Å². The lowest BCUT2D eigenvalue weighted by atomic mass is 10.2. The second kappa shape index (κ2) is 7.87. The molecule has 0 bridgehead atoms. The number of ether oxygens (including phenoxy) is 1. The molecule has 0 spiro atoms. The molecule has 1 saturated heterocycles. The number of hydrogen-bond acceptors (Lipinski definition) is 6. The highest BCUT2D eigenvalue weighted by Crippen LogP contribution is 2.32. The molecule has 1 amide bonds. The average molecular weight is 412 g/mol. The van der Waals surface area contributed by atoms with E-state index in [-0.39, 0.29) is 18.1 Å². The summed E-state index contributed by atoms with van der Waals surface area (Å²) < 4.78 is 8.48. The van der Waals surface area contributed by atoms with Gasteiger partial charge in [-0.1, -0.05) is 6.58 Å². The number of anilines is 2. The Balaban J connectivity index is 1.65. The van der Waals surface area contributed by atoms with E-state index in [2.05, 4.69) is 28.4 Å². The third-order valence-electron chi connectivity index (χ3n) is 5.20. The fraction of sp³-hybridized carbons (Fsp3) is 0.381. The summed E-state index contributed by atoms with van der Waals surface area (Å²) in [7, 11) is 0. The normalized spacial score (nSPS) is 18.9. The van der Waals surface area contributed by atoms with Gasteiger partial charge in [-0.15, -0.1) is 11.3 Å². The third-order valence-corrected chi connectivity index (χ3v) is 6.03. The van der Waals surface area contributed by atoms with Crippen LogP contribution < -0.4 is 10.1 Å². The number of aromatic nitrogens is 3. The summed E-state index contributed by atoms with van der Waals surface area (Å²) >= 11 is 1.58. The second-order valence-electron chi connectivity index (χ2n) is 7.27. The largest absolute Gasteiger partial charge is 0.472 e. The Morgan fingerprint density at radius 2 is 2.34 bits per heavy atom. The molecule has 1 aliphatic heterocycles. The molecule has 4 heterocycles. The van der Waals surface area contributed by atoms with Gasteiger partial charge in [0.25, 0.3) is 0 Å². The molecule has 1 aliphatic rings. The molecule has 4 rings (SSSR count). The Kier molecular flexibility index (Phi) is 5.27. The lowest BCUT2D eigenvalue weighted by molar-refractivity contribution is -0.126. The number of amides is 1. The molecule has 2 atom stereocenters. The van der Waals surface area contributed by atoms with Gasteiger partial charge in [-0.3, -0.25) is 4.79 Å². The van der Waals surface area contributed by atoms with Gasteiger partial charge in [0.2, 0.25) is 11.8 Å². The summed E-state index contributed by atoms with van der Waals surface area (Å²) in [5.74, 6) is 1.21. The molecule has 152 valence electrons. The highest BCUT2D eigenvalue weighted by Gasteiger charge is 2.33. The summed E-state index contributed by atoms with van der Waals surface area (Å²) in [6, 6.07) is 4.16. The van der Waals surface area contributed by atoms with Crippen molar-refractivity contribution in [2.45, 2.75) is 45.9 Å². The number of rotatable bonds is 6. The van der Waals surface area contributed by atoms with Gasteiger partial charge >= 0.3 is 0 Å². The van der Waals surface area contributed by atoms with Gasteiger partial charge in [-0.05, 0) is 32.9 Å². The number of carbonyl (C=O) groups is 1. The Morgan fingerprint density at radius 1 is 1.52 bits per heavy atom. The quantitative estimate of drug-likeness (QED) is 0.618. The zero-order chi connectivity index (χ0) is 20.5. The summed E-state index contributed by atoms with van der Waals surface area (Å²) in [6.07, 6.45) is 5.90.